The van der Waals surface area contributed by atoms with Gasteiger partial charge in [0, 0.05) is 12.7 Å². The van der Waals surface area contributed by atoms with E-state index in [1.165, 1.54) is 12.1 Å². The second kappa shape index (κ2) is 9.84. The van der Waals surface area contributed by atoms with Crippen molar-refractivity contribution < 1.29 is 34.6 Å². The number of carbonyl (C=O) groups is 2. The number of rotatable bonds is 10. The average Bonchev–Trinajstić information content (AvgIpc) is 3.10. The van der Waals surface area contributed by atoms with E-state index in [1.807, 2.05) is 10.8 Å². The van der Waals surface area contributed by atoms with Crippen molar-refractivity contribution in [1.29, 1.82) is 0 Å². The lowest BCUT2D eigenvalue weighted by Crippen LogP contribution is -2.56. The molecule has 0 saturated carbocycles. The molecule has 0 atom stereocenters. The third kappa shape index (κ3) is 5.56. The predicted molar refractivity (Wildman–Crippen MR) is 111 cm³/mol. The Morgan fingerprint density at radius 1 is 1.29 bits per heavy atom. The number of nitrogens with zero attached hydrogens (tertiary/aromatic N) is 3. The molecule has 3 rings (SSSR count). The molecule has 1 amide bonds. The van der Waals surface area contributed by atoms with Gasteiger partial charge in [0.15, 0.2) is 0 Å². The van der Waals surface area contributed by atoms with E-state index in [2.05, 4.69) is 11.9 Å². The Balaban J connectivity index is 1.58. The number of aromatic carboxylic acids is 1. The van der Waals surface area contributed by atoms with Gasteiger partial charge >= 0.3 is 13.1 Å². The van der Waals surface area contributed by atoms with E-state index in [1.54, 1.807) is 11.2 Å². The van der Waals surface area contributed by atoms with Crippen LogP contribution in [0.5, 0.6) is 11.5 Å². The molecule has 1 saturated heterocycles. The number of phenols is 1. The first-order valence-electron chi connectivity index (χ1n) is 10.2. The lowest BCUT2D eigenvalue weighted by Gasteiger charge is -2.39. The van der Waals surface area contributed by atoms with Crippen LogP contribution in [0.2, 0.25) is 6.32 Å². The normalized spacial score (nSPS) is 13.7. The van der Waals surface area contributed by atoms with Crippen LogP contribution in [0.4, 0.5) is 0 Å². The number of ether oxygens (including phenoxy) is 1. The maximum atomic E-state index is 12.4. The average molecular weight is 431 g/mol. The van der Waals surface area contributed by atoms with Crippen LogP contribution < -0.4 is 4.74 Å². The van der Waals surface area contributed by atoms with Gasteiger partial charge in [-0.15, -0.1) is 0 Å². The molecule has 2 heterocycles. The van der Waals surface area contributed by atoms with Crippen LogP contribution in [0.15, 0.2) is 24.7 Å². The monoisotopic (exact) mass is 431 g/mol. The molecule has 0 spiro atoms. The number of likely N-dealkylation sites (tertiary alicyclic amines) is 1. The number of carboxylic acids is 1. The fraction of sp³-hybridized carbons (Fsp3) is 0.450. The van der Waals surface area contributed by atoms with Crippen molar-refractivity contribution in [3.63, 3.8) is 0 Å². The fourth-order valence-electron chi connectivity index (χ4n) is 3.45. The van der Waals surface area contributed by atoms with Crippen molar-refractivity contribution in [3.8, 4) is 11.5 Å². The van der Waals surface area contributed by atoms with Gasteiger partial charge in [-0.25, -0.2) is 9.78 Å². The number of benzene rings is 1. The molecule has 0 bridgehead atoms. The fourth-order valence-corrected chi connectivity index (χ4v) is 3.45. The van der Waals surface area contributed by atoms with Crippen LogP contribution in [0.25, 0.3) is 0 Å². The molecule has 0 radical (unpaired) electrons. The molecule has 0 aliphatic carbocycles. The van der Waals surface area contributed by atoms with Gasteiger partial charge in [-0.1, -0.05) is 13.0 Å². The van der Waals surface area contributed by atoms with Crippen LogP contribution >= 0.6 is 0 Å². The Bertz CT molecular complexity index is 941. The number of aromatic nitrogens is 2. The number of imidazole rings is 1. The minimum absolute atomic E-state index is 0.00806. The van der Waals surface area contributed by atoms with Crippen molar-refractivity contribution in [3.05, 3.63) is 41.5 Å². The van der Waals surface area contributed by atoms with Gasteiger partial charge in [0.1, 0.15) is 23.2 Å². The number of carboxylic acid groups (broad SMARTS) is 1. The zero-order valence-corrected chi connectivity index (χ0v) is 17.3. The summed E-state index contributed by atoms with van der Waals surface area (Å²) >= 11 is 0. The standard InChI is InChI=1S/C20H26BN3O7/c1-2-7-23-9-14(22-12-23)8-17(25)24-10-15(11-24)31-16-4-3-13(5-6-21(29)30)19(26)18(16)20(27)28/h3-4,9,12,15,26,29-30H,2,5-8,10-11H2,1H3,(H,27,28). The van der Waals surface area contributed by atoms with Crippen LogP contribution in [0, 0.1) is 0 Å². The maximum Gasteiger partial charge on any atom is 0.451 e. The van der Waals surface area contributed by atoms with Gasteiger partial charge < -0.3 is 34.5 Å². The number of aromatic hydroxyl groups is 1. The highest BCUT2D eigenvalue weighted by Gasteiger charge is 2.34. The van der Waals surface area contributed by atoms with E-state index in [4.69, 9.17) is 14.8 Å². The Morgan fingerprint density at radius 3 is 2.68 bits per heavy atom. The second-order valence-electron chi connectivity index (χ2n) is 7.59. The summed E-state index contributed by atoms with van der Waals surface area (Å²) in [7, 11) is -1.55. The summed E-state index contributed by atoms with van der Waals surface area (Å²) in [4.78, 5) is 29.9. The van der Waals surface area contributed by atoms with Gasteiger partial charge in [0.25, 0.3) is 0 Å². The number of aryl methyl sites for hydroxylation is 2. The van der Waals surface area contributed by atoms with E-state index < -0.39 is 18.8 Å². The van der Waals surface area contributed by atoms with E-state index in [0.717, 1.165) is 13.0 Å². The predicted octanol–water partition coefficient (Wildman–Crippen LogP) is 0.545. The first-order chi connectivity index (χ1) is 14.8. The van der Waals surface area contributed by atoms with Gasteiger partial charge in [0.05, 0.1) is 31.5 Å². The molecular formula is C20H26BN3O7. The molecule has 1 aliphatic heterocycles. The van der Waals surface area contributed by atoms with Gasteiger partial charge in [-0.05, 0) is 30.8 Å². The summed E-state index contributed by atoms with van der Waals surface area (Å²) in [5, 5.41) is 37.7. The Morgan fingerprint density at radius 2 is 2.03 bits per heavy atom. The molecule has 10 nitrogen and oxygen atoms in total. The van der Waals surface area contributed by atoms with Gasteiger partial charge in [-0.2, -0.15) is 0 Å². The number of hydrogen-bond donors (Lipinski definition) is 4. The summed E-state index contributed by atoms with van der Waals surface area (Å²) in [6.45, 7) is 3.53. The molecule has 1 aromatic heterocycles. The molecule has 0 unspecified atom stereocenters. The summed E-state index contributed by atoms with van der Waals surface area (Å²) < 4.78 is 7.66. The number of hydrogen-bond acceptors (Lipinski definition) is 7. The molecule has 166 valence electrons. The van der Waals surface area contributed by atoms with Crippen molar-refractivity contribution >= 4 is 19.0 Å². The smallest absolute Gasteiger partial charge is 0.451 e. The van der Waals surface area contributed by atoms with Crippen LogP contribution in [-0.2, 0) is 24.2 Å². The quantitative estimate of drug-likeness (QED) is 0.399. The highest BCUT2D eigenvalue weighted by atomic mass is 16.5. The van der Waals surface area contributed by atoms with Gasteiger partial charge in [-0.3, -0.25) is 4.79 Å². The maximum absolute atomic E-state index is 12.4. The van der Waals surface area contributed by atoms with E-state index >= 15 is 0 Å². The van der Waals surface area contributed by atoms with Crippen LogP contribution in [0.1, 0.15) is 35.0 Å². The molecule has 1 fully saturated rings. The van der Waals surface area contributed by atoms with E-state index in [-0.39, 0.29) is 48.0 Å². The number of amides is 1. The summed E-state index contributed by atoms with van der Waals surface area (Å²) in [6.07, 6.45) is 4.41. The first kappa shape index (κ1) is 22.6. The molecule has 4 N–H and O–H groups in total. The molecule has 2 aromatic rings. The molecule has 11 heteroatoms. The third-order valence-corrected chi connectivity index (χ3v) is 5.10. The SMILES string of the molecule is CCCn1cnc(CC(=O)N2CC(Oc3ccc(CCB(O)O)c(O)c3C(=O)O)C2)c1. The highest BCUT2D eigenvalue weighted by molar-refractivity contribution is 6.41. The van der Waals surface area contributed by atoms with Crippen LogP contribution in [-0.4, -0.2) is 72.9 Å². The van der Waals surface area contributed by atoms with Crippen molar-refractivity contribution in [2.45, 2.75) is 45.2 Å². The minimum atomic E-state index is -1.55. The Labute approximate surface area is 179 Å². The lowest BCUT2D eigenvalue weighted by molar-refractivity contribution is -0.139. The number of carbonyl (C=O) groups excluding carboxylic acids is 1. The third-order valence-electron chi connectivity index (χ3n) is 5.10. The second-order valence-corrected chi connectivity index (χ2v) is 7.59. The van der Waals surface area contributed by atoms with Gasteiger partial charge in [0.2, 0.25) is 5.91 Å². The molecule has 1 aliphatic rings. The minimum Gasteiger partial charge on any atom is -0.507 e. The molecular weight excluding hydrogens is 405 g/mol. The van der Waals surface area contributed by atoms with Crippen LogP contribution in [0.3, 0.4) is 0 Å². The summed E-state index contributed by atoms with van der Waals surface area (Å²) in [6, 6.07) is 2.93. The zero-order chi connectivity index (χ0) is 22.5. The Kier molecular flexibility index (Phi) is 7.19. The summed E-state index contributed by atoms with van der Waals surface area (Å²) in [5.74, 6) is -1.89. The zero-order valence-electron chi connectivity index (χ0n) is 17.3. The first-order valence-corrected chi connectivity index (χ1v) is 10.2. The summed E-state index contributed by atoms with van der Waals surface area (Å²) in [5.41, 5.74) is 0.603. The van der Waals surface area contributed by atoms with Crippen molar-refractivity contribution in [2.24, 2.45) is 0 Å². The molecule has 31 heavy (non-hydrogen) atoms. The Hall–Kier alpha value is -3.05. The lowest BCUT2D eigenvalue weighted by atomic mass is 9.82. The topological polar surface area (TPSA) is 145 Å². The largest absolute Gasteiger partial charge is 0.507 e. The highest BCUT2D eigenvalue weighted by Crippen LogP contribution is 2.34. The van der Waals surface area contributed by atoms with E-state index in [9.17, 15) is 19.8 Å². The molecule has 1 aromatic carbocycles. The van der Waals surface area contributed by atoms with Crippen molar-refractivity contribution in [1.82, 2.24) is 14.5 Å². The van der Waals surface area contributed by atoms with E-state index in [0.29, 0.717) is 18.8 Å². The van der Waals surface area contributed by atoms with Crippen molar-refractivity contribution in [2.75, 3.05) is 13.1 Å².